The van der Waals surface area contributed by atoms with E-state index in [1.54, 1.807) is 62.6 Å². The Morgan fingerprint density at radius 1 is 0.810 bits per heavy atom. The summed E-state index contributed by atoms with van der Waals surface area (Å²) in [5.74, 6) is -4.76. The van der Waals surface area contributed by atoms with Gasteiger partial charge in [0.1, 0.15) is 48.3 Å². The van der Waals surface area contributed by atoms with Crippen molar-refractivity contribution in [3.8, 4) is 0 Å². The molecule has 0 bridgehead atoms. The van der Waals surface area contributed by atoms with E-state index in [1.165, 1.54) is 21.0 Å². The minimum atomic E-state index is -2.04. The molecule has 4 saturated heterocycles. The normalized spacial score (nSPS) is 50.6. The molecule has 0 amide bonds. The van der Waals surface area contributed by atoms with Crippen LogP contribution in [-0.4, -0.2) is 205 Å². The van der Waals surface area contributed by atoms with Crippen molar-refractivity contribution in [1.82, 2.24) is 4.90 Å². The molecule has 368 valence electrons. The van der Waals surface area contributed by atoms with Crippen molar-refractivity contribution in [1.29, 1.82) is 0 Å². The number of carbonyl (C=O) groups excluding carboxylic acids is 1. The molecule has 0 spiro atoms. The standard InChI is InChI=1S/C43H78N2O18/c1-14-27-43(10,54)35(50)21(4)29(44-55)19(2)16-41(8,53)37(22(5)33(23(6)38(52)60-27)61-28-17-42(9,56-13)36(51)24(7)58-28)63-40-34(25(45(11)12)15-20(3)57-40)62-39-32(49)31(48)30(47)26(18-46)59-39/h19-28,30-37,39-40,46-51,53-55H,14-18H2,1-13H3/b44-29+/t19-,20-,21+,22+,23-,24+,25+,26-,27?,28+,30-,31+,32-,33?,34-,35-,36+,37-,39+,40+,41-,42-,43-/m1/s1. The van der Waals surface area contributed by atoms with Gasteiger partial charge in [0.25, 0.3) is 0 Å². The van der Waals surface area contributed by atoms with Gasteiger partial charge in [0.2, 0.25) is 0 Å². The SMILES string of the molecule is CCC1OC(=O)[C@H](C)C(O[C@H]2C[C@@](C)(OC)[C@@H](O)[C@H](C)O2)[C@H](C)[C@@H](O[C@@H]2O[C@H](C)C[C@H](N(C)C)[C@H]2O[C@@H]2O[C@H](CO)[C@@H](O)[C@H](O)[C@H]2O)[C@](C)(O)C[C@@H](C)/C(=N\O)[C@H](C)[C@@H](O)[C@]1(C)O. The highest BCUT2D eigenvalue weighted by molar-refractivity contribution is 5.88. The van der Waals surface area contributed by atoms with E-state index in [0.29, 0.717) is 6.42 Å². The van der Waals surface area contributed by atoms with Crippen molar-refractivity contribution in [3.63, 3.8) is 0 Å². The van der Waals surface area contributed by atoms with E-state index in [0.717, 1.165) is 0 Å². The molecular weight excluding hydrogens is 832 g/mol. The van der Waals surface area contributed by atoms with Crippen LogP contribution in [0.4, 0.5) is 0 Å². The third kappa shape index (κ3) is 11.5. The molecule has 4 rings (SSSR count). The van der Waals surface area contributed by atoms with Crippen molar-refractivity contribution in [2.75, 3.05) is 27.8 Å². The van der Waals surface area contributed by atoms with Gasteiger partial charge in [-0.25, -0.2) is 0 Å². The number of nitrogens with zero attached hydrogens (tertiary/aromatic N) is 2. The molecule has 0 radical (unpaired) electrons. The Morgan fingerprint density at radius 2 is 1.44 bits per heavy atom. The zero-order valence-corrected chi connectivity index (χ0v) is 39.2. The van der Waals surface area contributed by atoms with Gasteiger partial charge >= 0.3 is 5.97 Å². The molecule has 63 heavy (non-hydrogen) atoms. The van der Waals surface area contributed by atoms with E-state index in [-0.39, 0.29) is 25.0 Å². The van der Waals surface area contributed by atoms with Gasteiger partial charge in [0.05, 0.1) is 60.0 Å². The number of carbonyl (C=O) groups is 1. The molecule has 0 aromatic carbocycles. The first kappa shape index (κ1) is 53.9. The lowest BCUT2D eigenvalue weighted by molar-refractivity contribution is -0.362. The molecule has 0 aromatic rings. The number of ether oxygens (including phenoxy) is 8. The highest BCUT2D eigenvalue weighted by Crippen LogP contribution is 2.42. The molecule has 20 nitrogen and oxygen atoms in total. The number of aliphatic hydroxyl groups is 8. The topological polar surface area (TPSA) is 289 Å². The summed E-state index contributed by atoms with van der Waals surface area (Å²) < 4.78 is 50.2. The number of hydrogen-bond acceptors (Lipinski definition) is 20. The van der Waals surface area contributed by atoms with E-state index in [2.05, 4.69) is 5.16 Å². The summed E-state index contributed by atoms with van der Waals surface area (Å²) in [5, 5.41) is 103. The van der Waals surface area contributed by atoms with E-state index < -0.39 is 151 Å². The molecule has 0 aromatic heterocycles. The van der Waals surface area contributed by atoms with Crippen LogP contribution in [0, 0.1) is 23.7 Å². The fraction of sp³-hybridized carbons (Fsp3) is 0.953. The average Bonchev–Trinajstić information content (AvgIpc) is 3.22. The van der Waals surface area contributed by atoms with Crippen LogP contribution in [0.2, 0.25) is 0 Å². The summed E-state index contributed by atoms with van der Waals surface area (Å²) >= 11 is 0. The fourth-order valence-corrected chi connectivity index (χ4v) is 10.1. The molecule has 0 saturated carbocycles. The quantitative estimate of drug-likeness (QED) is 0.0784. The second-order valence-corrected chi connectivity index (χ2v) is 19.4. The molecule has 4 heterocycles. The Morgan fingerprint density at radius 3 is 2.00 bits per heavy atom. The number of aliphatic hydroxyl groups excluding tert-OH is 6. The van der Waals surface area contributed by atoms with Gasteiger partial charge in [-0.15, -0.1) is 0 Å². The van der Waals surface area contributed by atoms with Gasteiger partial charge in [0, 0.05) is 37.3 Å². The third-order valence-corrected chi connectivity index (χ3v) is 14.1. The summed E-state index contributed by atoms with van der Waals surface area (Å²) in [7, 11) is 5.05. The van der Waals surface area contributed by atoms with Gasteiger partial charge in [-0.2, -0.15) is 0 Å². The molecule has 2 unspecified atom stereocenters. The van der Waals surface area contributed by atoms with Crippen LogP contribution in [0.1, 0.15) is 94.9 Å². The predicted molar refractivity (Wildman–Crippen MR) is 223 cm³/mol. The molecule has 23 atom stereocenters. The molecule has 20 heteroatoms. The van der Waals surface area contributed by atoms with Crippen LogP contribution in [0.25, 0.3) is 0 Å². The maximum absolute atomic E-state index is 14.4. The van der Waals surface area contributed by atoms with Crippen LogP contribution >= 0.6 is 0 Å². The first-order valence-corrected chi connectivity index (χ1v) is 22.2. The first-order valence-electron chi connectivity index (χ1n) is 22.2. The van der Waals surface area contributed by atoms with Gasteiger partial charge < -0.3 is 88.9 Å². The molecule has 4 fully saturated rings. The van der Waals surface area contributed by atoms with Crippen molar-refractivity contribution in [2.45, 2.75) is 210 Å². The zero-order chi connectivity index (χ0) is 47.7. The first-order chi connectivity index (χ1) is 29.2. The number of oxime groups is 1. The Kier molecular flexibility index (Phi) is 18.4. The van der Waals surface area contributed by atoms with Crippen molar-refractivity contribution < 1.29 is 88.7 Å². The summed E-state index contributed by atoms with van der Waals surface area (Å²) in [5.41, 5.74) is -5.05. The maximum atomic E-state index is 14.4. The number of methoxy groups -OCH3 is 1. The van der Waals surface area contributed by atoms with Crippen LogP contribution < -0.4 is 0 Å². The highest BCUT2D eigenvalue weighted by Gasteiger charge is 2.55. The fourth-order valence-electron chi connectivity index (χ4n) is 10.1. The number of cyclic esters (lactones) is 1. The summed E-state index contributed by atoms with van der Waals surface area (Å²) in [6.45, 7) is 15.5. The Balaban J connectivity index is 1.90. The summed E-state index contributed by atoms with van der Waals surface area (Å²) in [6.07, 6.45) is -19.0. The summed E-state index contributed by atoms with van der Waals surface area (Å²) in [6, 6.07) is -0.505. The Hall–Kier alpha value is -1.70. The monoisotopic (exact) mass is 911 g/mol. The molecule has 4 aliphatic rings. The lowest BCUT2D eigenvalue weighted by Gasteiger charge is -2.50. The molecule has 0 aliphatic carbocycles. The molecule has 9 N–H and O–H groups in total. The van der Waals surface area contributed by atoms with Crippen LogP contribution in [0.5, 0.6) is 0 Å². The number of esters is 1. The van der Waals surface area contributed by atoms with E-state index in [1.807, 2.05) is 11.8 Å². The highest BCUT2D eigenvalue weighted by atomic mass is 16.8. The van der Waals surface area contributed by atoms with Gasteiger partial charge in [-0.3, -0.25) is 4.79 Å². The van der Waals surface area contributed by atoms with Crippen LogP contribution in [-0.2, 0) is 42.7 Å². The largest absolute Gasteiger partial charge is 0.459 e. The second kappa shape index (κ2) is 21.5. The van der Waals surface area contributed by atoms with E-state index >= 15 is 0 Å². The van der Waals surface area contributed by atoms with Crippen molar-refractivity contribution in [3.05, 3.63) is 0 Å². The maximum Gasteiger partial charge on any atom is 0.311 e. The van der Waals surface area contributed by atoms with Crippen LogP contribution in [0.3, 0.4) is 0 Å². The van der Waals surface area contributed by atoms with E-state index in [9.17, 15) is 50.9 Å². The minimum absolute atomic E-state index is 0.0222. The average molecular weight is 911 g/mol. The molecule has 4 aliphatic heterocycles. The molecular formula is C43H78N2O18. The number of rotatable bonds is 10. The number of likely N-dealkylation sites (N-methyl/N-ethyl adjacent to an activating group) is 1. The van der Waals surface area contributed by atoms with E-state index in [4.69, 9.17) is 37.9 Å². The van der Waals surface area contributed by atoms with Gasteiger partial charge in [0.15, 0.2) is 18.9 Å². The Bertz CT molecular complexity index is 1500. The second-order valence-electron chi connectivity index (χ2n) is 19.4. The Labute approximate surface area is 371 Å². The van der Waals surface area contributed by atoms with Gasteiger partial charge in [-0.05, 0) is 74.9 Å². The minimum Gasteiger partial charge on any atom is -0.459 e. The smallest absolute Gasteiger partial charge is 0.311 e. The zero-order valence-electron chi connectivity index (χ0n) is 39.2. The predicted octanol–water partition coefficient (Wildman–Crippen LogP) is -0.129. The summed E-state index contributed by atoms with van der Waals surface area (Å²) in [4.78, 5) is 16.3. The lowest BCUT2D eigenvalue weighted by atomic mass is 9.73. The third-order valence-electron chi connectivity index (χ3n) is 14.1. The number of hydrogen-bond donors (Lipinski definition) is 9. The van der Waals surface area contributed by atoms with Crippen LogP contribution in [0.15, 0.2) is 5.16 Å². The van der Waals surface area contributed by atoms with Crippen molar-refractivity contribution in [2.24, 2.45) is 28.8 Å². The van der Waals surface area contributed by atoms with Crippen molar-refractivity contribution >= 4 is 11.7 Å². The lowest BCUT2D eigenvalue weighted by Crippen LogP contribution is -2.64. The van der Waals surface area contributed by atoms with Gasteiger partial charge in [-0.1, -0.05) is 32.9 Å².